The molecule has 216 valence electrons. The first kappa shape index (κ1) is 29.4. The van der Waals surface area contributed by atoms with Gasteiger partial charge in [-0.1, -0.05) is 13.0 Å². The lowest BCUT2D eigenvalue weighted by Gasteiger charge is -2.19. The Hall–Kier alpha value is -4.56. The van der Waals surface area contributed by atoms with E-state index in [1.807, 2.05) is 13.0 Å². The van der Waals surface area contributed by atoms with Gasteiger partial charge in [-0.3, -0.25) is 9.69 Å². The molecular formula is C27H27F4N7O3. The fourth-order valence-corrected chi connectivity index (χ4v) is 4.31. The minimum Gasteiger partial charge on any atom is -0.383 e. The van der Waals surface area contributed by atoms with Gasteiger partial charge in [0.05, 0.1) is 23.6 Å². The van der Waals surface area contributed by atoms with Crippen LogP contribution < -0.4 is 16.4 Å². The number of anilines is 3. The molecule has 0 aliphatic heterocycles. The number of carbonyl (C=O) groups excluding carboxylic acids is 2. The fourth-order valence-electron chi connectivity index (χ4n) is 4.31. The van der Waals surface area contributed by atoms with Gasteiger partial charge in [0, 0.05) is 37.0 Å². The Labute approximate surface area is 232 Å². The highest BCUT2D eigenvalue weighted by atomic mass is 19.4. The summed E-state index contributed by atoms with van der Waals surface area (Å²) in [6.45, 7) is 4.58. The minimum absolute atomic E-state index is 0.0966. The van der Waals surface area contributed by atoms with E-state index in [4.69, 9.17) is 10.5 Å². The SMILES string of the molecule is CCN(CCOC)Cc1cc(-c2ccc(NC(=O)Nc3ccc(F)c(C(F)(F)F)c3)c(C=O)c2)c2c(N)ncnn12. The number of aldehydes is 1. The Morgan fingerprint density at radius 3 is 2.63 bits per heavy atom. The Kier molecular flexibility index (Phi) is 8.83. The number of amides is 2. The van der Waals surface area contributed by atoms with E-state index in [9.17, 15) is 27.2 Å². The molecule has 4 N–H and O–H groups in total. The number of aromatic nitrogens is 3. The summed E-state index contributed by atoms with van der Waals surface area (Å²) in [4.78, 5) is 30.7. The van der Waals surface area contributed by atoms with Gasteiger partial charge in [0.2, 0.25) is 0 Å². The zero-order valence-electron chi connectivity index (χ0n) is 22.1. The first-order valence-electron chi connectivity index (χ1n) is 12.4. The van der Waals surface area contributed by atoms with Crippen molar-refractivity contribution in [3.05, 3.63) is 71.4 Å². The Morgan fingerprint density at radius 2 is 1.95 bits per heavy atom. The molecule has 0 atom stereocenters. The molecular weight excluding hydrogens is 546 g/mol. The summed E-state index contributed by atoms with van der Waals surface area (Å²) < 4.78 is 59.5. The Bertz CT molecular complexity index is 1570. The highest BCUT2D eigenvalue weighted by molar-refractivity contribution is 6.03. The van der Waals surface area contributed by atoms with Crippen molar-refractivity contribution in [2.75, 3.05) is 43.2 Å². The molecule has 0 radical (unpaired) electrons. The van der Waals surface area contributed by atoms with Gasteiger partial charge in [-0.25, -0.2) is 18.7 Å². The number of hydrogen-bond acceptors (Lipinski definition) is 7. The van der Waals surface area contributed by atoms with Crippen LogP contribution in [0.4, 0.5) is 39.5 Å². The first-order chi connectivity index (χ1) is 19.5. The van der Waals surface area contributed by atoms with E-state index < -0.39 is 23.6 Å². The number of rotatable bonds is 10. The third kappa shape index (κ3) is 6.61. The van der Waals surface area contributed by atoms with Crippen molar-refractivity contribution in [2.24, 2.45) is 0 Å². The summed E-state index contributed by atoms with van der Waals surface area (Å²) in [5.41, 5.74) is 7.22. The summed E-state index contributed by atoms with van der Waals surface area (Å²) >= 11 is 0. The molecule has 0 saturated carbocycles. The number of halogens is 4. The summed E-state index contributed by atoms with van der Waals surface area (Å²) in [5, 5.41) is 9.02. The van der Waals surface area contributed by atoms with Crippen LogP contribution in [0.25, 0.3) is 16.6 Å². The summed E-state index contributed by atoms with van der Waals surface area (Å²) in [7, 11) is 1.63. The lowest BCUT2D eigenvalue weighted by Crippen LogP contribution is -2.27. The van der Waals surface area contributed by atoms with Crippen molar-refractivity contribution in [1.29, 1.82) is 0 Å². The van der Waals surface area contributed by atoms with Gasteiger partial charge in [0.25, 0.3) is 0 Å². The van der Waals surface area contributed by atoms with E-state index in [2.05, 4.69) is 25.6 Å². The first-order valence-corrected chi connectivity index (χ1v) is 12.4. The van der Waals surface area contributed by atoms with Crippen LogP contribution in [-0.4, -0.2) is 58.6 Å². The van der Waals surface area contributed by atoms with E-state index in [0.29, 0.717) is 54.8 Å². The van der Waals surface area contributed by atoms with Gasteiger partial charge in [-0.15, -0.1) is 0 Å². The maximum Gasteiger partial charge on any atom is 0.419 e. The predicted octanol–water partition coefficient (Wildman–Crippen LogP) is 5.06. The number of nitrogens with two attached hydrogens (primary N) is 1. The van der Waals surface area contributed by atoms with Crippen LogP contribution >= 0.6 is 0 Å². The Balaban J connectivity index is 1.62. The van der Waals surface area contributed by atoms with E-state index in [1.54, 1.807) is 17.7 Å². The predicted molar refractivity (Wildman–Crippen MR) is 145 cm³/mol. The van der Waals surface area contributed by atoms with Crippen LogP contribution in [0.1, 0.15) is 28.5 Å². The van der Waals surface area contributed by atoms with Crippen LogP contribution in [0.5, 0.6) is 0 Å². The number of fused-ring (bicyclic) bond motifs is 1. The zero-order chi connectivity index (χ0) is 29.7. The zero-order valence-corrected chi connectivity index (χ0v) is 22.1. The maximum atomic E-state index is 13.6. The number of carbonyl (C=O) groups is 2. The second-order valence-corrected chi connectivity index (χ2v) is 9.01. The minimum atomic E-state index is -4.94. The summed E-state index contributed by atoms with van der Waals surface area (Å²) in [5.74, 6) is -1.24. The van der Waals surface area contributed by atoms with Gasteiger partial charge < -0.3 is 21.1 Å². The van der Waals surface area contributed by atoms with E-state index >= 15 is 0 Å². The topological polar surface area (TPSA) is 127 Å². The monoisotopic (exact) mass is 573 g/mol. The standard InChI is InChI=1S/C27H27F4N7O3/c1-3-37(8-9-41-2)13-19-12-20(24-25(32)33-15-34-38(19)24)16-4-7-23(17(10-16)14-39)36-26(40)35-18-5-6-22(28)21(11-18)27(29,30)31/h4-7,10-12,14-15H,3,8-9,13H2,1-2H3,(H2,32,33,34)(H2,35,36,40). The number of urea groups is 1. The van der Waals surface area contributed by atoms with Gasteiger partial charge in [-0.05, 0) is 48.5 Å². The quantitative estimate of drug-likeness (QED) is 0.179. The molecule has 0 aliphatic rings. The number of alkyl halides is 3. The molecule has 0 saturated heterocycles. The van der Waals surface area contributed by atoms with Crippen LogP contribution in [0.2, 0.25) is 0 Å². The number of methoxy groups -OCH3 is 1. The van der Waals surface area contributed by atoms with Gasteiger partial charge >= 0.3 is 12.2 Å². The molecule has 2 amide bonds. The number of nitrogen functional groups attached to an aromatic ring is 1. The highest BCUT2D eigenvalue weighted by Gasteiger charge is 2.34. The molecule has 41 heavy (non-hydrogen) atoms. The molecule has 0 aliphatic carbocycles. The fraction of sp³-hybridized carbons (Fsp3) is 0.259. The number of benzene rings is 2. The van der Waals surface area contributed by atoms with Crippen molar-refractivity contribution >= 4 is 35.0 Å². The van der Waals surface area contributed by atoms with E-state index in [0.717, 1.165) is 18.3 Å². The van der Waals surface area contributed by atoms with Gasteiger partial charge in [0.15, 0.2) is 12.1 Å². The van der Waals surface area contributed by atoms with Gasteiger partial charge in [-0.2, -0.15) is 18.3 Å². The molecule has 2 heterocycles. The van der Waals surface area contributed by atoms with Crippen molar-refractivity contribution < 1.29 is 31.9 Å². The Morgan fingerprint density at radius 1 is 1.17 bits per heavy atom. The average Bonchev–Trinajstić information content (AvgIpc) is 3.31. The van der Waals surface area contributed by atoms with Crippen LogP contribution in [-0.2, 0) is 17.5 Å². The number of ether oxygens (including phenoxy) is 1. The van der Waals surface area contributed by atoms with E-state index in [-0.39, 0.29) is 22.8 Å². The lowest BCUT2D eigenvalue weighted by atomic mass is 10.0. The molecule has 0 fully saturated rings. The highest BCUT2D eigenvalue weighted by Crippen LogP contribution is 2.34. The third-order valence-corrected chi connectivity index (χ3v) is 6.37. The molecule has 4 rings (SSSR count). The molecule has 2 aromatic carbocycles. The second kappa shape index (κ2) is 12.3. The normalized spacial score (nSPS) is 11.7. The van der Waals surface area contributed by atoms with Crippen molar-refractivity contribution in [3.63, 3.8) is 0 Å². The maximum absolute atomic E-state index is 13.6. The molecule has 4 aromatic rings. The second-order valence-electron chi connectivity index (χ2n) is 9.01. The van der Waals surface area contributed by atoms with E-state index in [1.165, 1.54) is 18.5 Å². The lowest BCUT2D eigenvalue weighted by molar-refractivity contribution is -0.139. The molecule has 2 aromatic heterocycles. The van der Waals surface area contributed by atoms with Gasteiger partial charge in [0.1, 0.15) is 17.7 Å². The van der Waals surface area contributed by atoms with Crippen molar-refractivity contribution in [1.82, 2.24) is 19.5 Å². The number of nitrogens with zero attached hydrogens (tertiary/aromatic N) is 4. The molecule has 10 nitrogen and oxygen atoms in total. The smallest absolute Gasteiger partial charge is 0.383 e. The molecule has 0 unspecified atom stereocenters. The van der Waals surface area contributed by atoms with Crippen LogP contribution in [0.15, 0.2) is 48.8 Å². The number of nitrogens with one attached hydrogen (secondary N) is 2. The summed E-state index contributed by atoms with van der Waals surface area (Å²) in [6, 6.07) is 7.71. The largest absolute Gasteiger partial charge is 0.419 e. The average molecular weight is 574 g/mol. The number of hydrogen-bond donors (Lipinski definition) is 3. The van der Waals surface area contributed by atoms with Crippen LogP contribution in [0, 0.1) is 5.82 Å². The molecule has 14 heteroatoms. The third-order valence-electron chi connectivity index (χ3n) is 6.37. The molecule has 0 spiro atoms. The van der Waals surface area contributed by atoms with Crippen molar-refractivity contribution in [2.45, 2.75) is 19.6 Å². The molecule has 0 bridgehead atoms. The van der Waals surface area contributed by atoms with Crippen LogP contribution in [0.3, 0.4) is 0 Å². The van der Waals surface area contributed by atoms with Crippen molar-refractivity contribution in [3.8, 4) is 11.1 Å². The summed E-state index contributed by atoms with van der Waals surface area (Å²) in [6.07, 6.45) is -3.06. The number of likely N-dealkylation sites (N-methyl/N-ethyl adjacent to an activating group) is 1.